The van der Waals surface area contributed by atoms with E-state index in [9.17, 15) is 4.79 Å². The van der Waals surface area contributed by atoms with Crippen molar-refractivity contribution in [3.8, 4) is 0 Å². The molecule has 0 aromatic heterocycles. The first kappa shape index (κ1) is 8.59. The molecule has 68 valence electrons. The van der Waals surface area contributed by atoms with Gasteiger partial charge in [0.15, 0.2) is 0 Å². The second kappa shape index (κ2) is 3.40. The highest BCUT2D eigenvalue weighted by Gasteiger charge is 2.23. The molecule has 4 heteroatoms. The molecule has 1 aliphatic rings. The van der Waals surface area contributed by atoms with Crippen LogP contribution in [0.4, 0.5) is 5.69 Å². The predicted molar refractivity (Wildman–Crippen MR) is 51.7 cm³/mol. The van der Waals surface area contributed by atoms with Gasteiger partial charge in [0.1, 0.15) is 0 Å². The van der Waals surface area contributed by atoms with Crippen LogP contribution < -0.4 is 5.06 Å². The standard InChI is InChI=1S/C9H9NO2S/c1-12-10-7-4-2-3-5-8(7)13-6-9(10)11/h2-5H,6H2,1H3. The van der Waals surface area contributed by atoms with Crippen LogP contribution in [0.5, 0.6) is 0 Å². The van der Waals surface area contributed by atoms with Crippen molar-refractivity contribution in [1.29, 1.82) is 0 Å². The van der Waals surface area contributed by atoms with Gasteiger partial charge in [0, 0.05) is 4.90 Å². The van der Waals surface area contributed by atoms with Gasteiger partial charge >= 0.3 is 0 Å². The van der Waals surface area contributed by atoms with Gasteiger partial charge in [0.05, 0.1) is 18.6 Å². The smallest absolute Gasteiger partial charge is 0.261 e. The highest BCUT2D eigenvalue weighted by Crippen LogP contribution is 2.34. The first-order chi connectivity index (χ1) is 6.33. The Morgan fingerprint density at radius 1 is 1.46 bits per heavy atom. The largest absolute Gasteiger partial charge is 0.271 e. The third-order valence-corrected chi connectivity index (χ3v) is 2.89. The lowest BCUT2D eigenvalue weighted by atomic mass is 10.3. The Kier molecular flexibility index (Phi) is 2.24. The SMILES string of the molecule is CON1C(=O)CSc2ccccc21. The van der Waals surface area contributed by atoms with Crippen LogP contribution >= 0.6 is 11.8 Å². The van der Waals surface area contributed by atoms with Gasteiger partial charge in [0.25, 0.3) is 5.91 Å². The molecule has 1 amide bonds. The van der Waals surface area contributed by atoms with Crippen LogP contribution in [0.15, 0.2) is 29.2 Å². The molecule has 3 nitrogen and oxygen atoms in total. The summed E-state index contributed by atoms with van der Waals surface area (Å²) in [7, 11) is 1.50. The van der Waals surface area contributed by atoms with Crippen LogP contribution in [0.25, 0.3) is 0 Å². The average molecular weight is 195 g/mol. The van der Waals surface area contributed by atoms with E-state index in [-0.39, 0.29) is 5.91 Å². The highest BCUT2D eigenvalue weighted by atomic mass is 32.2. The molecule has 0 bridgehead atoms. The predicted octanol–water partition coefficient (Wildman–Crippen LogP) is 1.69. The molecular formula is C9H9NO2S. The summed E-state index contributed by atoms with van der Waals surface area (Å²) in [6, 6.07) is 7.71. The lowest BCUT2D eigenvalue weighted by Crippen LogP contribution is -2.34. The van der Waals surface area contributed by atoms with E-state index in [1.54, 1.807) is 11.8 Å². The normalized spacial score (nSPS) is 15.8. The zero-order chi connectivity index (χ0) is 9.26. The molecule has 1 aromatic carbocycles. The fourth-order valence-corrected chi connectivity index (χ4v) is 2.15. The van der Waals surface area contributed by atoms with Crippen molar-refractivity contribution >= 4 is 23.4 Å². The topological polar surface area (TPSA) is 29.5 Å². The summed E-state index contributed by atoms with van der Waals surface area (Å²) in [5.74, 6) is 0.441. The Morgan fingerprint density at radius 3 is 3.00 bits per heavy atom. The summed E-state index contributed by atoms with van der Waals surface area (Å²) in [5, 5.41) is 1.34. The molecule has 1 aliphatic heterocycles. The van der Waals surface area contributed by atoms with Gasteiger partial charge in [-0.3, -0.25) is 9.63 Å². The zero-order valence-corrected chi connectivity index (χ0v) is 8.00. The van der Waals surface area contributed by atoms with Crippen LogP contribution in [0, 0.1) is 0 Å². The summed E-state index contributed by atoms with van der Waals surface area (Å²) in [6.07, 6.45) is 0. The van der Waals surface area contributed by atoms with E-state index in [2.05, 4.69) is 0 Å². The number of carbonyl (C=O) groups excluding carboxylic acids is 1. The van der Waals surface area contributed by atoms with Gasteiger partial charge in [-0.2, -0.15) is 5.06 Å². The minimum absolute atomic E-state index is 0.00815. The number of nitrogens with zero attached hydrogens (tertiary/aromatic N) is 1. The van der Waals surface area contributed by atoms with E-state index < -0.39 is 0 Å². The van der Waals surface area contributed by atoms with Crippen LogP contribution in [-0.2, 0) is 9.63 Å². The number of anilines is 1. The lowest BCUT2D eigenvalue weighted by molar-refractivity contribution is -0.122. The third kappa shape index (κ3) is 1.43. The van der Waals surface area contributed by atoms with Gasteiger partial charge in [-0.25, -0.2) is 0 Å². The Balaban J connectivity index is 2.45. The maximum absolute atomic E-state index is 11.4. The van der Waals surface area contributed by atoms with Gasteiger partial charge < -0.3 is 0 Å². The minimum atomic E-state index is -0.00815. The number of rotatable bonds is 1. The number of para-hydroxylation sites is 1. The first-order valence-electron chi connectivity index (χ1n) is 3.92. The van der Waals surface area contributed by atoms with Crippen molar-refractivity contribution in [2.24, 2.45) is 0 Å². The number of hydrogen-bond donors (Lipinski definition) is 0. The van der Waals surface area contributed by atoms with Gasteiger partial charge in [0.2, 0.25) is 0 Å². The number of benzene rings is 1. The number of amides is 1. The molecule has 2 rings (SSSR count). The first-order valence-corrected chi connectivity index (χ1v) is 4.90. The van der Waals surface area contributed by atoms with Crippen molar-refractivity contribution in [3.63, 3.8) is 0 Å². The van der Waals surface area contributed by atoms with E-state index >= 15 is 0 Å². The summed E-state index contributed by atoms with van der Waals surface area (Å²) < 4.78 is 0. The molecule has 1 heterocycles. The van der Waals surface area contributed by atoms with E-state index in [0.717, 1.165) is 10.6 Å². The fourth-order valence-electron chi connectivity index (χ4n) is 1.28. The van der Waals surface area contributed by atoms with Crippen molar-refractivity contribution in [2.45, 2.75) is 4.90 Å². The quantitative estimate of drug-likeness (QED) is 0.683. The number of thioether (sulfide) groups is 1. The summed E-state index contributed by atoms with van der Waals surface area (Å²) in [4.78, 5) is 17.5. The summed E-state index contributed by atoms with van der Waals surface area (Å²) in [5.41, 5.74) is 0.839. The minimum Gasteiger partial charge on any atom is -0.271 e. The zero-order valence-electron chi connectivity index (χ0n) is 7.19. The summed E-state index contributed by atoms with van der Waals surface area (Å²) in [6.45, 7) is 0. The lowest BCUT2D eigenvalue weighted by Gasteiger charge is -2.25. The van der Waals surface area contributed by atoms with Crippen molar-refractivity contribution in [2.75, 3.05) is 17.9 Å². The van der Waals surface area contributed by atoms with E-state index in [4.69, 9.17) is 4.84 Å². The van der Waals surface area contributed by atoms with Crippen LogP contribution in [0.3, 0.4) is 0 Å². The van der Waals surface area contributed by atoms with Gasteiger partial charge in [-0.1, -0.05) is 12.1 Å². The average Bonchev–Trinajstić information content (AvgIpc) is 2.18. The molecule has 0 unspecified atom stereocenters. The molecule has 0 atom stereocenters. The fraction of sp³-hybridized carbons (Fsp3) is 0.222. The highest BCUT2D eigenvalue weighted by molar-refractivity contribution is 8.00. The van der Waals surface area contributed by atoms with Crippen molar-refractivity contribution in [3.05, 3.63) is 24.3 Å². The Hall–Kier alpha value is -1.00. The number of fused-ring (bicyclic) bond motifs is 1. The molecule has 0 saturated heterocycles. The second-order valence-corrected chi connectivity index (χ2v) is 3.64. The van der Waals surface area contributed by atoms with Crippen LogP contribution in [0.2, 0.25) is 0 Å². The van der Waals surface area contributed by atoms with Crippen molar-refractivity contribution < 1.29 is 9.63 Å². The number of hydroxylamine groups is 1. The van der Waals surface area contributed by atoms with Crippen LogP contribution in [0.1, 0.15) is 0 Å². The third-order valence-electron chi connectivity index (χ3n) is 1.84. The monoisotopic (exact) mass is 195 g/mol. The molecular weight excluding hydrogens is 186 g/mol. The van der Waals surface area contributed by atoms with E-state index in [0.29, 0.717) is 5.75 Å². The molecule has 13 heavy (non-hydrogen) atoms. The molecule has 0 saturated carbocycles. The molecule has 0 aliphatic carbocycles. The Labute approximate surface area is 80.6 Å². The van der Waals surface area contributed by atoms with Gasteiger partial charge in [-0.15, -0.1) is 11.8 Å². The molecule has 1 aromatic rings. The molecule has 0 fully saturated rings. The Bertz CT molecular complexity index is 340. The van der Waals surface area contributed by atoms with E-state index in [1.807, 2.05) is 24.3 Å². The maximum Gasteiger partial charge on any atom is 0.261 e. The van der Waals surface area contributed by atoms with Gasteiger partial charge in [-0.05, 0) is 12.1 Å². The summed E-state index contributed by atoms with van der Waals surface area (Å²) >= 11 is 1.54. The molecule has 0 N–H and O–H groups in total. The van der Waals surface area contributed by atoms with Crippen LogP contribution in [-0.4, -0.2) is 18.8 Å². The maximum atomic E-state index is 11.4. The van der Waals surface area contributed by atoms with E-state index in [1.165, 1.54) is 12.2 Å². The molecule has 0 spiro atoms. The number of hydrogen-bond acceptors (Lipinski definition) is 3. The second-order valence-electron chi connectivity index (χ2n) is 2.63. The molecule has 0 radical (unpaired) electrons. The Morgan fingerprint density at radius 2 is 2.23 bits per heavy atom. The number of carbonyl (C=O) groups is 1. The van der Waals surface area contributed by atoms with Crippen molar-refractivity contribution in [1.82, 2.24) is 0 Å².